The molecule has 4 nitrogen and oxygen atoms in total. The highest BCUT2D eigenvalue weighted by atomic mass is 16.5. The Morgan fingerprint density at radius 2 is 2.24 bits per heavy atom. The molecule has 0 aromatic carbocycles. The summed E-state index contributed by atoms with van der Waals surface area (Å²) in [4.78, 5) is 12.0. The van der Waals surface area contributed by atoms with Crippen LogP contribution in [0, 0.1) is 11.3 Å². The predicted molar refractivity (Wildman–Crippen MR) is 68.6 cm³/mol. The van der Waals surface area contributed by atoms with Gasteiger partial charge >= 0.3 is 0 Å². The summed E-state index contributed by atoms with van der Waals surface area (Å²) in [6.45, 7) is 6.91. The van der Waals surface area contributed by atoms with Crippen LogP contribution in [0.2, 0.25) is 0 Å². The smallest absolute Gasteiger partial charge is 0.223 e. The second kappa shape index (κ2) is 6.97. The molecule has 1 aliphatic carbocycles. The number of nitrogens with two attached hydrogens (primary N) is 1. The fourth-order valence-corrected chi connectivity index (χ4v) is 2.51. The lowest BCUT2D eigenvalue weighted by Gasteiger charge is -2.25. The Labute approximate surface area is 104 Å². The van der Waals surface area contributed by atoms with Crippen molar-refractivity contribution in [2.45, 2.75) is 39.5 Å². The van der Waals surface area contributed by atoms with Crippen molar-refractivity contribution in [3.8, 4) is 0 Å². The minimum atomic E-state index is 0.167. The molecule has 1 amide bonds. The maximum absolute atomic E-state index is 12.0. The summed E-state index contributed by atoms with van der Waals surface area (Å²) in [5.74, 6) is 0.402. The van der Waals surface area contributed by atoms with E-state index in [1.807, 2.05) is 0 Å². The highest BCUT2D eigenvalue weighted by molar-refractivity contribution is 5.79. The first kappa shape index (κ1) is 14.5. The van der Waals surface area contributed by atoms with Crippen LogP contribution in [0.5, 0.6) is 0 Å². The topological polar surface area (TPSA) is 64.3 Å². The van der Waals surface area contributed by atoms with E-state index in [2.05, 4.69) is 19.2 Å². The lowest BCUT2D eigenvalue weighted by molar-refractivity contribution is -0.127. The lowest BCUT2D eigenvalue weighted by atomic mass is 9.81. The largest absolute Gasteiger partial charge is 0.380 e. The molecular formula is C13H26N2O2. The molecule has 0 aromatic heterocycles. The van der Waals surface area contributed by atoms with Gasteiger partial charge in [-0.15, -0.1) is 0 Å². The number of hydrogen-bond acceptors (Lipinski definition) is 3. The molecule has 17 heavy (non-hydrogen) atoms. The third-order valence-electron chi connectivity index (χ3n) is 3.60. The van der Waals surface area contributed by atoms with Crippen molar-refractivity contribution < 1.29 is 9.53 Å². The second-order valence-corrected chi connectivity index (χ2v) is 5.48. The van der Waals surface area contributed by atoms with E-state index < -0.39 is 0 Å². The lowest BCUT2D eigenvalue weighted by Crippen LogP contribution is -2.36. The molecular weight excluding hydrogens is 216 g/mol. The van der Waals surface area contributed by atoms with Crippen LogP contribution >= 0.6 is 0 Å². The van der Waals surface area contributed by atoms with Gasteiger partial charge in [0.05, 0.1) is 6.61 Å². The number of rotatable bonds is 7. The maximum Gasteiger partial charge on any atom is 0.223 e. The van der Waals surface area contributed by atoms with Gasteiger partial charge in [0, 0.05) is 25.6 Å². The fraction of sp³-hybridized carbons (Fsp3) is 0.923. The Balaban J connectivity index is 2.13. The number of ether oxygens (including phenoxy) is 1. The van der Waals surface area contributed by atoms with Crippen LogP contribution in [-0.4, -0.2) is 32.2 Å². The molecule has 1 fully saturated rings. The standard InChI is InChI=1S/C13H26N2O2/c1-13(2)6-3-5-11(13)12(16)15-8-4-9-17-10-7-14/h11H,3-10,14H2,1-2H3,(H,15,16). The molecule has 0 heterocycles. The monoisotopic (exact) mass is 242 g/mol. The Bertz CT molecular complexity index is 242. The van der Waals surface area contributed by atoms with Crippen molar-refractivity contribution in [1.29, 1.82) is 0 Å². The molecule has 0 bridgehead atoms. The summed E-state index contributed by atoms with van der Waals surface area (Å²) in [5.41, 5.74) is 5.48. The van der Waals surface area contributed by atoms with Gasteiger partial charge in [0.15, 0.2) is 0 Å². The van der Waals surface area contributed by atoms with E-state index in [9.17, 15) is 4.79 Å². The number of carbonyl (C=O) groups is 1. The first-order chi connectivity index (χ1) is 8.08. The van der Waals surface area contributed by atoms with E-state index in [0.29, 0.717) is 26.3 Å². The van der Waals surface area contributed by atoms with Crippen molar-refractivity contribution in [3.63, 3.8) is 0 Å². The van der Waals surface area contributed by atoms with Gasteiger partial charge in [-0.05, 0) is 24.7 Å². The number of nitrogens with one attached hydrogen (secondary N) is 1. The maximum atomic E-state index is 12.0. The molecule has 1 unspecified atom stereocenters. The number of carbonyl (C=O) groups excluding carboxylic acids is 1. The molecule has 1 saturated carbocycles. The summed E-state index contributed by atoms with van der Waals surface area (Å²) in [7, 11) is 0. The van der Waals surface area contributed by atoms with Crippen LogP contribution in [0.4, 0.5) is 0 Å². The van der Waals surface area contributed by atoms with E-state index in [-0.39, 0.29) is 17.2 Å². The molecule has 0 aliphatic heterocycles. The quantitative estimate of drug-likeness (QED) is 0.661. The van der Waals surface area contributed by atoms with Crippen molar-refractivity contribution in [2.75, 3.05) is 26.3 Å². The third-order valence-corrected chi connectivity index (χ3v) is 3.60. The van der Waals surface area contributed by atoms with Gasteiger partial charge in [0.2, 0.25) is 5.91 Å². The van der Waals surface area contributed by atoms with Gasteiger partial charge < -0.3 is 15.8 Å². The Hall–Kier alpha value is -0.610. The molecule has 0 radical (unpaired) electrons. The Morgan fingerprint density at radius 1 is 1.47 bits per heavy atom. The van der Waals surface area contributed by atoms with Crippen molar-refractivity contribution in [3.05, 3.63) is 0 Å². The van der Waals surface area contributed by atoms with Gasteiger partial charge in [-0.2, -0.15) is 0 Å². The van der Waals surface area contributed by atoms with Gasteiger partial charge in [-0.3, -0.25) is 4.79 Å². The SMILES string of the molecule is CC1(C)CCCC1C(=O)NCCCOCCN. The zero-order chi connectivity index (χ0) is 12.7. The van der Waals surface area contributed by atoms with E-state index in [0.717, 1.165) is 19.3 Å². The van der Waals surface area contributed by atoms with E-state index in [4.69, 9.17) is 10.5 Å². The zero-order valence-electron chi connectivity index (χ0n) is 11.1. The molecule has 0 saturated heterocycles. The van der Waals surface area contributed by atoms with Gasteiger partial charge in [-0.25, -0.2) is 0 Å². The van der Waals surface area contributed by atoms with Crippen molar-refractivity contribution >= 4 is 5.91 Å². The normalized spacial score (nSPS) is 22.6. The first-order valence-corrected chi connectivity index (χ1v) is 6.63. The van der Waals surface area contributed by atoms with Crippen molar-refractivity contribution in [2.24, 2.45) is 17.1 Å². The van der Waals surface area contributed by atoms with Crippen LogP contribution in [-0.2, 0) is 9.53 Å². The molecule has 1 atom stereocenters. The van der Waals surface area contributed by atoms with E-state index >= 15 is 0 Å². The van der Waals surface area contributed by atoms with Crippen LogP contribution in [0.25, 0.3) is 0 Å². The minimum Gasteiger partial charge on any atom is -0.380 e. The zero-order valence-corrected chi connectivity index (χ0v) is 11.1. The average Bonchev–Trinajstić information content (AvgIpc) is 2.63. The molecule has 4 heteroatoms. The summed E-state index contributed by atoms with van der Waals surface area (Å²) in [6, 6.07) is 0. The third kappa shape index (κ3) is 4.64. The van der Waals surface area contributed by atoms with Crippen LogP contribution in [0.1, 0.15) is 39.5 Å². The van der Waals surface area contributed by atoms with Gasteiger partial charge in [0.25, 0.3) is 0 Å². The molecule has 0 spiro atoms. The molecule has 3 N–H and O–H groups in total. The molecule has 100 valence electrons. The first-order valence-electron chi connectivity index (χ1n) is 6.63. The Morgan fingerprint density at radius 3 is 2.82 bits per heavy atom. The summed E-state index contributed by atoms with van der Waals surface area (Å²) >= 11 is 0. The van der Waals surface area contributed by atoms with Crippen LogP contribution < -0.4 is 11.1 Å². The average molecular weight is 242 g/mol. The minimum absolute atomic E-state index is 0.167. The predicted octanol–water partition coefficient (Wildman–Crippen LogP) is 1.29. The fourth-order valence-electron chi connectivity index (χ4n) is 2.51. The highest BCUT2D eigenvalue weighted by Crippen LogP contribution is 2.42. The highest BCUT2D eigenvalue weighted by Gasteiger charge is 2.38. The summed E-state index contributed by atoms with van der Waals surface area (Å²) < 4.78 is 5.25. The molecule has 1 rings (SSSR count). The molecule has 1 aliphatic rings. The van der Waals surface area contributed by atoms with E-state index in [1.54, 1.807) is 0 Å². The summed E-state index contributed by atoms with van der Waals surface area (Å²) in [6.07, 6.45) is 4.22. The Kier molecular flexibility index (Phi) is 5.92. The number of amides is 1. The van der Waals surface area contributed by atoms with Crippen LogP contribution in [0.15, 0.2) is 0 Å². The van der Waals surface area contributed by atoms with Gasteiger partial charge in [-0.1, -0.05) is 20.3 Å². The van der Waals surface area contributed by atoms with Crippen LogP contribution in [0.3, 0.4) is 0 Å². The van der Waals surface area contributed by atoms with Gasteiger partial charge in [0.1, 0.15) is 0 Å². The second-order valence-electron chi connectivity index (χ2n) is 5.48. The van der Waals surface area contributed by atoms with Crippen molar-refractivity contribution in [1.82, 2.24) is 5.32 Å². The molecule has 0 aromatic rings. The summed E-state index contributed by atoms with van der Waals surface area (Å²) in [5, 5.41) is 3.01. The van der Waals surface area contributed by atoms with E-state index in [1.165, 1.54) is 6.42 Å². The number of hydrogen-bond donors (Lipinski definition) is 2.